The van der Waals surface area contributed by atoms with Crippen molar-refractivity contribution in [2.75, 3.05) is 6.61 Å². The molecule has 38 heavy (non-hydrogen) atoms. The Hall–Kier alpha value is -2.72. The van der Waals surface area contributed by atoms with E-state index in [9.17, 15) is 24.8 Å². The number of amides is 2. The van der Waals surface area contributed by atoms with Crippen molar-refractivity contribution in [2.24, 2.45) is 17.8 Å². The van der Waals surface area contributed by atoms with Gasteiger partial charge < -0.3 is 19.9 Å². The van der Waals surface area contributed by atoms with E-state index in [4.69, 9.17) is 4.65 Å². The Morgan fingerprint density at radius 1 is 1.18 bits per heavy atom. The van der Waals surface area contributed by atoms with Gasteiger partial charge in [-0.15, -0.1) is 11.3 Å². The summed E-state index contributed by atoms with van der Waals surface area (Å²) in [7, 11) is -1.04. The van der Waals surface area contributed by atoms with Gasteiger partial charge in [0.2, 0.25) is 11.8 Å². The molecule has 7 nitrogen and oxygen atoms in total. The average molecular weight is 535 g/mol. The number of carbonyl (C=O) groups is 2. The van der Waals surface area contributed by atoms with Gasteiger partial charge >= 0.3 is 7.12 Å². The van der Waals surface area contributed by atoms with Crippen LogP contribution in [-0.4, -0.2) is 51.8 Å². The third kappa shape index (κ3) is 5.38. The van der Waals surface area contributed by atoms with Crippen LogP contribution in [0.4, 0.5) is 0 Å². The fourth-order valence-corrected chi connectivity index (χ4v) is 7.14. The molecule has 9 heteroatoms. The van der Waals surface area contributed by atoms with E-state index in [1.54, 1.807) is 12.1 Å². The monoisotopic (exact) mass is 535 g/mol. The van der Waals surface area contributed by atoms with E-state index in [-0.39, 0.29) is 43.0 Å². The van der Waals surface area contributed by atoms with Crippen LogP contribution in [0, 0.1) is 17.8 Å². The molecule has 3 heterocycles. The van der Waals surface area contributed by atoms with Crippen LogP contribution in [-0.2, 0) is 20.8 Å². The minimum absolute atomic E-state index is 0.184. The van der Waals surface area contributed by atoms with Gasteiger partial charge in [-0.2, -0.15) is 0 Å². The van der Waals surface area contributed by atoms with E-state index in [1.807, 2.05) is 29.6 Å². The molecule has 4 atom stereocenters. The Kier molecular flexibility index (Phi) is 8.19. The fraction of sp³-hybridized carbons (Fsp3) is 0.448. The number of imide groups is 1. The Morgan fingerprint density at radius 2 is 2.03 bits per heavy atom. The lowest BCUT2D eigenvalue weighted by Gasteiger charge is -2.43. The van der Waals surface area contributed by atoms with E-state index >= 15 is 0 Å². The molecule has 3 N–H and O–H groups in total. The van der Waals surface area contributed by atoms with Crippen LogP contribution in [0.5, 0.6) is 5.75 Å². The highest BCUT2D eigenvalue weighted by molar-refractivity contribution is 7.09. The van der Waals surface area contributed by atoms with Crippen molar-refractivity contribution < 1.29 is 29.5 Å². The van der Waals surface area contributed by atoms with Crippen molar-refractivity contribution in [3.8, 4) is 5.75 Å². The maximum absolute atomic E-state index is 13.6. The molecule has 2 saturated heterocycles. The number of aromatic hydroxyl groups is 1. The van der Waals surface area contributed by atoms with Gasteiger partial charge in [0.1, 0.15) is 5.75 Å². The molecule has 2 aromatic rings. The van der Waals surface area contributed by atoms with Crippen molar-refractivity contribution >= 4 is 36.3 Å². The lowest BCUT2D eigenvalue weighted by Crippen LogP contribution is -2.46. The van der Waals surface area contributed by atoms with Gasteiger partial charge in [0.05, 0.1) is 31.1 Å². The maximum atomic E-state index is 13.6. The van der Waals surface area contributed by atoms with Crippen LogP contribution in [0.15, 0.2) is 58.5 Å². The number of carbonyl (C=O) groups excluding carboxylic acids is 2. The van der Waals surface area contributed by atoms with Crippen molar-refractivity contribution in [1.29, 1.82) is 0 Å². The van der Waals surface area contributed by atoms with Gasteiger partial charge in [0.15, 0.2) is 0 Å². The highest BCUT2D eigenvalue weighted by Crippen LogP contribution is 2.50. The first-order valence-corrected chi connectivity index (χ1v) is 14.3. The number of allylic oxidation sites excluding steroid dienone is 1. The van der Waals surface area contributed by atoms with Crippen molar-refractivity contribution in [2.45, 2.75) is 58.0 Å². The van der Waals surface area contributed by atoms with Crippen molar-refractivity contribution in [1.82, 2.24) is 4.90 Å². The van der Waals surface area contributed by atoms with Gasteiger partial charge in [-0.3, -0.25) is 14.5 Å². The molecule has 2 aliphatic heterocycles. The first-order chi connectivity index (χ1) is 18.4. The molecule has 2 amide bonds. The first-order valence-electron chi connectivity index (χ1n) is 13.4. The maximum Gasteiger partial charge on any atom is 0.455 e. The fourth-order valence-electron chi connectivity index (χ4n) is 6.45. The largest absolute Gasteiger partial charge is 0.508 e. The summed E-state index contributed by atoms with van der Waals surface area (Å²) in [5.74, 6) is -1.53. The molecule has 1 aliphatic carbocycles. The second-order valence-electron chi connectivity index (χ2n) is 10.5. The van der Waals surface area contributed by atoms with Gasteiger partial charge in [0, 0.05) is 4.88 Å². The van der Waals surface area contributed by atoms with Crippen LogP contribution in [0.25, 0.3) is 6.08 Å². The van der Waals surface area contributed by atoms with Crippen LogP contribution >= 0.6 is 11.3 Å². The molecular weight excluding hydrogens is 501 g/mol. The molecular formula is C29H34BNO6S. The van der Waals surface area contributed by atoms with Crippen LogP contribution in [0.1, 0.15) is 49.5 Å². The second-order valence-corrected chi connectivity index (χ2v) is 11.5. The minimum atomic E-state index is -1.04. The molecule has 5 rings (SSSR count). The molecule has 1 aromatic heterocycles. The number of aliphatic hydroxyl groups is 1. The normalized spacial score (nSPS) is 25.7. The molecule has 0 unspecified atom stereocenters. The standard InChI is InChI=1S/C29H34BNO6S/c1-2-5-18(12-19-6-3-7-21(33)13-19)9-10-25-26-20(17-32)14-23-27(24(26)15-30(36)37-25)29(35)31(28(23)34)16-22-8-4-11-38-22/h3-4,6-8,11-13,23-25,27,32-33,36H,2,5,9-10,14-17H2,1H3/b18-12+/t23-,24+,25-,27-/m1/s1. The Labute approximate surface area is 227 Å². The van der Waals surface area contributed by atoms with E-state index in [2.05, 4.69) is 13.0 Å². The predicted octanol–water partition coefficient (Wildman–Crippen LogP) is 4.41. The van der Waals surface area contributed by atoms with Crippen LogP contribution in [0.2, 0.25) is 6.32 Å². The number of hydrogen-bond acceptors (Lipinski definition) is 7. The molecule has 0 spiro atoms. The number of benzene rings is 1. The third-order valence-electron chi connectivity index (χ3n) is 8.02. The van der Waals surface area contributed by atoms with E-state index in [1.165, 1.54) is 21.8 Å². The first kappa shape index (κ1) is 26.9. The van der Waals surface area contributed by atoms with Gasteiger partial charge in [0.25, 0.3) is 0 Å². The second kappa shape index (κ2) is 11.6. The quantitative estimate of drug-likeness (QED) is 0.250. The number of likely N-dealkylation sites (tertiary alicyclic amines) is 1. The van der Waals surface area contributed by atoms with Crippen LogP contribution < -0.4 is 0 Å². The average Bonchev–Trinajstić information content (AvgIpc) is 3.49. The number of nitrogens with zero attached hydrogens (tertiary/aromatic N) is 1. The summed E-state index contributed by atoms with van der Waals surface area (Å²) in [6, 6.07) is 11.0. The summed E-state index contributed by atoms with van der Waals surface area (Å²) in [6.07, 6.45) is 5.38. The molecule has 200 valence electrons. The van der Waals surface area contributed by atoms with Crippen molar-refractivity contribution in [3.63, 3.8) is 0 Å². The summed E-state index contributed by atoms with van der Waals surface area (Å²) in [4.78, 5) is 29.3. The molecule has 0 radical (unpaired) electrons. The smallest absolute Gasteiger partial charge is 0.455 e. The summed E-state index contributed by atoms with van der Waals surface area (Å²) in [5.41, 5.74) is 3.78. The van der Waals surface area contributed by atoms with Gasteiger partial charge in [-0.25, -0.2) is 0 Å². The summed E-state index contributed by atoms with van der Waals surface area (Å²) < 4.78 is 6.02. The molecule has 1 aromatic carbocycles. The topological polar surface area (TPSA) is 107 Å². The lowest BCUT2D eigenvalue weighted by atomic mass is 9.58. The number of thiophene rings is 1. The minimum Gasteiger partial charge on any atom is -0.508 e. The Morgan fingerprint density at radius 3 is 2.74 bits per heavy atom. The summed E-state index contributed by atoms with van der Waals surface area (Å²) in [6.45, 7) is 2.19. The highest BCUT2D eigenvalue weighted by atomic mass is 32.1. The molecule has 0 bridgehead atoms. The highest BCUT2D eigenvalue weighted by Gasteiger charge is 2.57. The lowest BCUT2D eigenvalue weighted by molar-refractivity contribution is -0.140. The number of aliphatic hydroxyl groups excluding tert-OH is 1. The summed E-state index contributed by atoms with van der Waals surface area (Å²) in [5, 5.41) is 32.8. The molecule has 0 saturated carbocycles. The van der Waals surface area contributed by atoms with E-state index < -0.39 is 25.1 Å². The van der Waals surface area contributed by atoms with E-state index in [0.717, 1.165) is 34.4 Å². The number of hydrogen-bond donors (Lipinski definition) is 3. The number of rotatable bonds is 9. The molecule has 2 fully saturated rings. The van der Waals surface area contributed by atoms with E-state index in [0.29, 0.717) is 19.3 Å². The van der Waals surface area contributed by atoms with Gasteiger partial charge in [-0.05, 0) is 78.2 Å². The Balaban J connectivity index is 1.39. The SMILES string of the molecule is CCC/C(=C\c1cccc(O)c1)CC[C@H]1OB(O)C[C@H]2C1=C(CO)C[C@H]1C(=O)N(Cc3cccs3)C(=O)[C@H]12. The third-order valence-corrected chi connectivity index (χ3v) is 8.89. The summed E-state index contributed by atoms with van der Waals surface area (Å²) >= 11 is 1.51. The number of fused-ring (bicyclic) bond motifs is 3. The number of phenolic OH excluding ortho intramolecular Hbond substituents is 1. The zero-order chi connectivity index (χ0) is 26.8. The predicted molar refractivity (Wildman–Crippen MR) is 147 cm³/mol. The molecule has 3 aliphatic rings. The Bertz CT molecular complexity index is 1240. The van der Waals surface area contributed by atoms with Crippen molar-refractivity contribution in [3.05, 3.63) is 68.9 Å². The number of phenols is 1. The zero-order valence-corrected chi connectivity index (χ0v) is 22.4. The van der Waals surface area contributed by atoms with Crippen LogP contribution in [0.3, 0.4) is 0 Å². The zero-order valence-electron chi connectivity index (χ0n) is 21.6. The van der Waals surface area contributed by atoms with Gasteiger partial charge in [-0.1, -0.05) is 43.2 Å².